The SMILES string of the molecule is O=C(Sc1ccccc1C(=S)S)c1ccccc1. The first-order valence-electron chi connectivity index (χ1n) is 5.28. The summed E-state index contributed by atoms with van der Waals surface area (Å²) in [6, 6.07) is 16.7. The van der Waals surface area contributed by atoms with Crippen LogP contribution in [0, 0.1) is 0 Å². The minimum absolute atomic E-state index is 0.00707. The van der Waals surface area contributed by atoms with Crippen LogP contribution >= 0.6 is 36.6 Å². The molecule has 0 aliphatic carbocycles. The Kier molecular flexibility index (Phi) is 4.58. The highest BCUT2D eigenvalue weighted by molar-refractivity contribution is 8.15. The smallest absolute Gasteiger partial charge is 0.224 e. The average Bonchev–Trinajstić information content (AvgIpc) is 2.40. The number of carbonyl (C=O) groups excluding carboxylic acids is 1. The van der Waals surface area contributed by atoms with Crippen LogP contribution < -0.4 is 0 Å². The summed E-state index contributed by atoms with van der Waals surface area (Å²) in [5.74, 6) is 0. The molecule has 0 radical (unpaired) electrons. The number of thiocarbonyl (C=S) groups is 1. The molecule has 0 saturated heterocycles. The highest BCUT2D eigenvalue weighted by Gasteiger charge is 2.11. The summed E-state index contributed by atoms with van der Waals surface area (Å²) in [4.78, 5) is 12.9. The average molecular weight is 290 g/mol. The molecule has 0 spiro atoms. The van der Waals surface area contributed by atoms with E-state index in [9.17, 15) is 4.79 Å². The Labute approximate surface area is 121 Å². The van der Waals surface area contributed by atoms with Crippen LogP contribution in [0.2, 0.25) is 0 Å². The lowest BCUT2D eigenvalue weighted by Crippen LogP contribution is -1.96. The van der Waals surface area contributed by atoms with Gasteiger partial charge in [-0.15, -0.1) is 12.6 Å². The second-order valence-electron chi connectivity index (χ2n) is 3.56. The molecule has 0 heterocycles. The van der Waals surface area contributed by atoms with Gasteiger partial charge in [0.1, 0.15) is 0 Å². The molecule has 2 aromatic carbocycles. The predicted molar refractivity (Wildman–Crippen MR) is 83.8 cm³/mol. The second-order valence-corrected chi connectivity index (χ2v) is 5.73. The molecule has 0 amide bonds. The minimum atomic E-state index is 0.00707. The molecule has 0 fully saturated rings. The van der Waals surface area contributed by atoms with Crippen LogP contribution in [0.4, 0.5) is 0 Å². The van der Waals surface area contributed by atoms with Crippen LogP contribution in [-0.2, 0) is 0 Å². The molecule has 0 saturated carbocycles. The predicted octanol–water partition coefficient (Wildman–Crippen LogP) is 4.22. The van der Waals surface area contributed by atoms with Crippen LogP contribution in [0.15, 0.2) is 59.5 Å². The Morgan fingerprint density at radius 2 is 1.61 bits per heavy atom. The second kappa shape index (κ2) is 6.18. The maximum absolute atomic E-state index is 12.1. The van der Waals surface area contributed by atoms with Crippen molar-refractivity contribution in [1.29, 1.82) is 0 Å². The zero-order valence-electron chi connectivity index (χ0n) is 9.37. The normalized spacial score (nSPS) is 10.1. The summed E-state index contributed by atoms with van der Waals surface area (Å²) in [5, 5.41) is 0.00707. The van der Waals surface area contributed by atoms with Crippen molar-refractivity contribution >= 4 is 45.9 Å². The van der Waals surface area contributed by atoms with E-state index in [-0.39, 0.29) is 5.12 Å². The summed E-state index contributed by atoms with van der Waals surface area (Å²) in [7, 11) is 0. The van der Waals surface area contributed by atoms with Gasteiger partial charge in [0.25, 0.3) is 0 Å². The summed E-state index contributed by atoms with van der Waals surface area (Å²) < 4.78 is 0.499. The molecule has 0 N–H and O–H groups in total. The third-order valence-corrected chi connectivity index (χ3v) is 3.79. The molecule has 4 heteroatoms. The molecule has 0 unspecified atom stereocenters. The quantitative estimate of drug-likeness (QED) is 0.518. The van der Waals surface area contributed by atoms with Crippen molar-refractivity contribution < 1.29 is 4.79 Å². The van der Waals surface area contributed by atoms with E-state index in [1.54, 1.807) is 12.1 Å². The third kappa shape index (κ3) is 3.22. The topological polar surface area (TPSA) is 17.1 Å². The van der Waals surface area contributed by atoms with Crippen molar-refractivity contribution in [2.45, 2.75) is 4.90 Å². The van der Waals surface area contributed by atoms with Gasteiger partial charge >= 0.3 is 0 Å². The van der Waals surface area contributed by atoms with Crippen molar-refractivity contribution in [1.82, 2.24) is 0 Å². The zero-order chi connectivity index (χ0) is 13.0. The number of hydrogen-bond acceptors (Lipinski definition) is 3. The fourth-order valence-electron chi connectivity index (χ4n) is 1.47. The van der Waals surface area contributed by atoms with Gasteiger partial charge in [-0.1, -0.05) is 60.7 Å². The van der Waals surface area contributed by atoms with E-state index in [1.165, 1.54) is 11.8 Å². The van der Waals surface area contributed by atoms with Gasteiger partial charge in [0, 0.05) is 16.0 Å². The highest BCUT2D eigenvalue weighted by Crippen LogP contribution is 2.27. The summed E-state index contributed by atoms with van der Waals surface area (Å²) in [5.41, 5.74) is 1.51. The van der Waals surface area contributed by atoms with Gasteiger partial charge in [-0.25, -0.2) is 0 Å². The zero-order valence-corrected chi connectivity index (χ0v) is 11.9. The summed E-state index contributed by atoms with van der Waals surface area (Å²) in [6.07, 6.45) is 0. The van der Waals surface area contributed by atoms with Crippen LogP contribution in [0.1, 0.15) is 15.9 Å². The number of thioether (sulfide) groups is 1. The van der Waals surface area contributed by atoms with E-state index in [0.29, 0.717) is 9.76 Å². The lowest BCUT2D eigenvalue weighted by Gasteiger charge is -2.06. The number of thiol groups is 1. The number of hydrogen-bond donors (Lipinski definition) is 1. The molecular weight excluding hydrogens is 280 g/mol. The third-order valence-electron chi connectivity index (χ3n) is 2.33. The number of rotatable bonds is 3. The number of benzene rings is 2. The molecule has 18 heavy (non-hydrogen) atoms. The van der Waals surface area contributed by atoms with Gasteiger partial charge in [0.05, 0.1) is 4.20 Å². The van der Waals surface area contributed by atoms with Gasteiger partial charge < -0.3 is 0 Å². The van der Waals surface area contributed by atoms with Gasteiger partial charge in [0.15, 0.2) is 0 Å². The summed E-state index contributed by atoms with van der Waals surface area (Å²) in [6.45, 7) is 0. The van der Waals surface area contributed by atoms with Crippen molar-refractivity contribution in [2.75, 3.05) is 0 Å². The van der Waals surface area contributed by atoms with Crippen LogP contribution in [0.5, 0.6) is 0 Å². The van der Waals surface area contributed by atoms with Crippen molar-refractivity contribution in [3.8, 4) is 0 Å². The fourth-order valence-corrected chi connectivity index (χ4v) is 2.86. The lowest BCUT2D eigenvalue weighted by atomic mass is 10.2. The van der Waals surface area contributed by atoms with E-state index in [0.717, 1.165) is 10.5 Å². The van der Waals surface area contributed by atoms with Crippen molar-refractivity contribution in [2.24, 2.45) is 0 Å². The molecule has 0 atom stereocenters. The first-order valence-corrected chi connectivity index (χ1v) is 6.95. The minimum Gasteiger partial charge on any atom is -0.281 e. The van der Waals surface area contributed by atoms with E-state index in [4.69, 9.17) is 12.2 Å². The Bertz CT molecular complexity index is 579. The van der Waals surface area contributed by atoms with Crippen LogP contribution in [0.25, 0.3) is 0 Å². The number of carbonyl (C=O) groups is 1. The Morgan fingerprint density at radius 1 is 1.00 bits per heavy atom. The van der Waals surface area contributed by atoms with Gasteiger partial charge in [0.2, 0.25) is 5.12 Å². The molecule has 2 aromatic rings. The summed E-state index contributed by atoms with van der Waals surface area (Å²) >= 11 is 10.4. The first-order chi connectivity index (χ1) is 8.68. The molecule has 90 valence electrons. The maximum atomic E-state index is 12.1. The van der Waals surface area contributed by atoms with E-state index in [2.05, 4.69) is 12.6 Å². The van der Waals surface area contributed by atoms with Gasteiger partial charge in [-0.3, -0.25) is 4.79 Å². The molecule has 2 rings (SSSR count). The molecular formula is C14H10OS3. The molecule has 0 aromatic heterocycles. The monoisotopic (exact) mass is 290 g/mol. The largest absolute Gasteiger partial charge is 0.281 e. The van der Waals surface area contributed by atoms with Crippen LogP contribution in [-0.4, -0.2) is 9.31 Å². The van der Waals surface area contributed by atoms with Crippen molar-refractivity contribution in [3.63, 3.8) is 0 Å². The molecule has 0 bridgehead atoms. The fraction of sp³-hybridized carbons (Fsp3) is 0. The maximum Gasteiger partial charge on any atom is 0.224 e. The van der Waals surface area contributed by atoms with Crippen LogP contribution in [0.3, 0.4) is 0 Å². The Morgan fingerprint density at radius 3 is 2.28 bits per heavy atom. The molecule has 0 aliphatic heterocycles. The lowest BCUT2D eigenvalue weighted by molar-refractivity contribution is 0.108. The molecule has 1 nitrogen and oxygen atoms in total. The van der Waals surface area contributed by atoms with Crippen molar-refractivity contribution in [3.05, 3.63) is 65.7 Å². The van der Waals surface area contributed by atoms with E-state index >= 15 is 0 Å². The first kappa shape index (κ1) is 13.3. The Balaban J connectivity index is 2.25. The van der Waals surface area contributed by atoms with E-state index in [1.807, 2.05) is 42.5 Å². The highest BCUT2D eigenvalue weighted by atomic mass is 32.2. The van der Waals surface area contributed by atoms with E-state index < -0.39 is 0 Å². The standard InChI is InChI=1S/C14H10OS3/c15-13(10-6-2-1-3-7-10)18-12-9-5-4-8-11(12)14(16)17/h1-9H,(H,16,17). The molecule has 0 aliphatic rings. The Hall–Kier alpha value is -1.10. The van der Waals surface area contributed by atoms with Gasteiger partial charge in [-0.05, 0) is 17.8 Å². The van der Waals surface area contributed by atoms with Gasteiger partial charge in [-0.2, -0.15) is 0 Å².